The molecule has 1 aliphatic rings. The number of benzene rings is 1. The van der Waals surface area contributed by atoms with Crippen molar-refractivity contribution in [2.24, 2.45) is 0 Å². The molecule has 2 aromatic rings. The first-order chi connectivity index (χ1) is 12.0. The number of aromatic nitrogens is 2. The Morgan fingerprint density at radius 3 is 2.72 bits per heavy atom. The van der Waals surface area contributed by atoms with Gasteiger partial charge < -0.3 is 4.90 Å². The zero-order valence-electron chi connectivity index (χ0n) is 15.0. The lowest BCUT2D eigenvalue weighted by Crippen LogP contribution is -2.52. The second kappa shape index (κ2) is 7.09. The molecule has 0 N–H and O–H groups in total. The fourth-order valence-corrected chi connectivity index (χ4v) is 3.33. The largest absolute Gasteiger partial charge is 0.340 e. The minimum absolute atomic E-state index is 0.0132. The van der Waals surface area contributed by atoms with Crippen molar-refractivity contribution in [2.45, 2.75) is 45.8 Å². The summed E-state index contributed by atoms with van der Waals surface area (Å²) >= 11 is 0. The van der Waals surface area contributed by atoms with Gasteiger partial charge >= 0.3 is 0 Å². The van der Waals surface area contributed by atoms with Crippen LogP contribution in [-0.2, 0) is 22.7 Å². The Morgan fingerprint density at radius 2 is 2.04 bits per heavy atom. The SMILES string of the molecule is CCC(C(=O)N(C)Cc1ccccc1)N1C(=O)CCn2nc(C)cc21. The van der Waals surface area contributed by atoms with E-state index >= 15 is 0 Å². The molecule has 132 valence electrons. The summed E-state index contributed by atoms with van der Waals surface area (Å²) in [7, 11) is 1.79. The zero-order chi connectivity index (χ0) is 18.0. The third-order valence-corrected chi connectivity index (χ3v) is 4.56. The minimum Gasteiger partial charge on any atom is -0.340 e. The van der Waals surface area contributed by atoms with Crippen LogP contribution < -0.4 is 4.90 Å². The van der Waals surface area contributed by atoms with Crippen LogP contribution in [-0.4, -0.2) is 39.6 Å². The van der Waals surface area contributed by atoms with Gasteiger partial charge in [0.15, 0.2) is 0 Å². The van der Waals surface area contributed by atoms with Gasteiger partial charge in [-0.05, 0) is 18.9 Å². The molecule has 25 heavy (non-hydrogen) atoms. The molecule has 3 rings (SSSR count). The minimum atomic E-state index is -0.503. The second-order valence-electron chi connectivity index (χ2n) is 6.48. The summed E-state index contributed by atoms with van der Waals surface area (Å²) < 4.78 is 1.82. The maximum absolute atomic E-state index is 13.0. The molecule has 2 heterocycles. The van der Waals surface area contributed by atoms with Gasteiger partial charge in [-0.2, -0.15) is 5.10 Å². The number of rotatable bonds is 5. The predicted octanol–water partition coefficient (Wildman–Crippen LogP) is 2.37. The smallest absolute Gasteiger partial charge is 0.245 e. The summed E-state index contributed by atoms with van der Waals surface area (Å²) in [5.74, 6) is 0.662. The highest BCUT2D eigenvalue weighted by molar-refractivity contribution is 6.00. The van der Waals surface area contributed by atoms with Crippen LogP contribution in [0.15, 0.2) is 36.4 Å². The molecule has 0 saturated heterocycles. The number of likely N-dealkylation sites (N-methyl/N-ethyl adjacent to an activating group) is 1. The average Bonchev–Trinajstić information content (AvgIpc) is 2.98. The van der Waals surface area contributed by atoms with Crippen molar-refractivity contribution in [3.8, 4) is 0 Å². The molecule has 0 fully saturated rings. The number of nitrogens with zero attached hydrogens (tertiary/aromatic N) is 4. The van der Waals surface area contributed by atoms with Crippen LogP contribution in [0.1, 0.15) is 31.0 Å². The van der Waals surface area contributed by atoms with Crippen molar-refractivity contribution in [3.63, 3.8) is 0 Å². The van der Waals surface area contributed by atoms with Crippen molar-refractivity contribution in [2.75, 3.05) is 11.9 Å². The van der Waals surface area contributed by atoms with Crippen LogP contribution in [0.3, 0.4) is 0 Å². The van der Waals surface area contributed by atoms with E-state index in [2.05, 4.69) is 5.10 Å². The lowest BCUT2D eigenvalue weighted by atomic mass is 10.1. The summed E-state index contributed by atoms with van der Waals surface area (Å²) in [4.78, 5) is 28.9. The van der Waals surface area contributed by atoms with Gasteiger partial charge in [0.2, 0.25) is 11.8 Å². The van der Waals surface area contributed by atoms with Gasteiger partial charge in [0, 0.05) is 26.1 Å². The van der Waals surface area contributed by atoms with Crippen LogP contribution in [0.2, 0.25) is 0 Å². The Bertz CT molecular complexity index is 769. The first kappa shape index (κ1) is 17.2. The molecule has 6 nitrogen and oxygen atoms in total. The summed E-state index contributed by atoms with van der Waals surface area (Å²) in [6, 6.07) is 11.2. The fraction of sp³-hybridized carbons (Fsp3) is 0.421. The second-order valence-corrected chi connectivity index (χ2v) is 6.48. The predicted molar refractivity (Wildman–Crippen MR) is 96.1 cm³/mol. The average molecular weight is 340 g/mol. The van der Waals surface area contributed by atoms with Gasteiger partial charge in [0.05, 0.1) is 12.2 Å². The summed E-state index contributed by atoms with van der Waals surface area (Å²) in [5, 5.41) is 4.42. The normalized spacial score (nSPS) is 15.0. The van der Waals surface area contributed by atoms with Crippen molar-refractivity contribution < 1.29 is 9.59 Å². The number of carbonyl (C=O) groups is 2. The van der Waals surface area contributed by atoms with E-state index in [0.717, 1.165) is 17.1 Å². The van der Waals surface area contributed by atoms with Crippen LogP contribution in [0, 0.1) is 6.92 Å². The number of hydrogen-bond donors (Lipinski definition) is 0. The molecule has 1 aromatic carbocycles. The van der Waals surface area contributed by atoms with E-state index in [4.69, 9.17) is 0 Å². The third kappa shape index (κ3) is 3.43. The van der Waals surface area contributed by atoms with Gasteiger partial charge in [-0.25, -0.2) is 4.68 Å². The third-order valence-electron chi connectivity index (χ3n) is 4.56. The highest BCUT2D eigenvalue weighted by Crippen LogP contribution is 2.26. The molecular weight excluding hydrogens is 316 g/mol. The Morgan fingerprint density at radius 1 is 1.32 bits per heavy atom. The molecule has 0 aliphatic carbocycles. The highest BCUT2D eigenvalue weighted by Gasteiger charge is 2.36. The maximum Gasteiger partial charge on any atom is 0.245 e. The van der Waals surface area contributed by atoms with E-state index in [1.807, 2.05) is 54.9 Å². The molecule has 2 amide bonds. The standard InChI is InChI=1S/C19H24N4O2/c1-4-16(19(25)21(3)13-15-8-6-5-7-9-15)23-17-12-14(2)20-22(17)11-10-18(23)24/h5-9,12,16H,4,10-11,13H2,1-3H3. The van der Waals surface area contributed by atoms with Crippen molar-refractivity contribution in [1.82, 2.24) is 14.7 Å². The summed E-state index contributed by atoms with van der Waals surface area (Å²) in [6.07, 6.45) is 0.939. The maximum atomic E-state index is 13.0. The van der Waals surface area contributed by atoms with Gasteiger partial charge in [-0.3, -0.25) is 14.5 Å². The molecule has 0 bridgehead atoms. The van der Waals surface area contributed by atoms with E-state index in [9.17, 15) is 9.59 Å². The monoisotopic (exact) mass is 340 g/mol. The quantitative estimate of drug-likeness (QED) is 0.839. The Labute approximate surface area is 148 Å². The van der Waals surface area contributed by atoms with Crippen LogP contribution >= 0.6 is 0 Å². The molecular formula is C19H24N4O2. The summed E-state index contributed by atoms with van der Waals surface area (Å²) in [6.45, 7) is 4.94. The molecule has 0 radical (unpaired) electrons. The highest BCUT2D eigenvalue weighted by atomic mass is 16.2. The Balaban J connectivity index is 1.83. The van der Waals surface area contributed by atoms with Crippen LogP contribution in [0.25, 0.3) is 0 Å². The van der Waals surface area contributed by atoms with Crippen LogP contribution in [0.4, 0.5) is 5.82 Å². The lowest BCUT2D eigenvalue weighted by Gasteiger charge is -2.35. The van der Waals surface area contributed by atoms with Gasteiger partial charge in [0.25, 0.3) is 0 Å². The number of aryl methyl sites for hydroxylation is 2. The molecule has 1 aliphatic heterocycles. The van der Waals surface area contributed by atoms with E-state index in [1.54, 1.807) is 16.8 Å². The Kier molecular flexibility index (Phi) is 4.88. The number of fused-ring (bicyclic) bond motifs is 1. The van der Waals surface area contributed by atoms with Gasteiger partial charge in [0.1, 0.15) is 11.9 Å². The first-order valence-corrected chi connectivity index (χ1v) is 8.66. The Hall–Kier alpha value is -2.63. The van der Waals surface area contributed by atoms with E-state index in [0.29, 0.717) is 25.9 Å². The number of carbonyl (C=O) groups excluding carboxylic acids is 2. The lowest BCUT2D eigenvalue weighted by molar-refractivity contribution is -0.134. The van der Waals surface area contributed by atoms with Crippen LogP contribution in [0.5, 0.6) is 0 Å². The fourth-order valence-electron chi connectivity index (χ4n) is 3.33. The molecule has 1 unspecified atom stereocenters. The molecule has 0 saturated carbocycles. The molecule has 1 aromatic heterocycles. The number of hydrogen-bond acceptors (Lipinski definition) is 3. The van der Waals surface area contributed by atoms with E-state index in [1.165, 1.54) is 0 Å². The number of amides is 2. The van der Waals surface area contributed by atoms with Crippen molar-refractivity contribution >= 4 is 17.6 Å². The number of anilines is 1. The topological polar surface area (TPSA) is 58.4 Å². The molecule has 6 heteroatoms. The van der Waals surface area contributed by atoms with Crippen molar-refractivity contribution in [1.29, 1.82) is 0 Å². The molecule has 0 spiro atoms. The van der Waals surface area contributed by atoms with E-state index in [-0.39, 0.29) is 11.8 Å². The van der Waals surface area contributed by atoms with E-state index < -0.39 is 6.04 Å². The zero-order valence-corrected chi connectivity index (χ0v) is 15.0. The van der Waals surface area contributed by atoms with Gasteiger partial charge in [-0.1, -0.05) is 37.3 Å². The van der Waals surface area contributed by atoms with Crippen molar-refractivity contribution in [3.05, 3.63) is 47.7 Å². The summed E-state index contributed by atoms with van der Waals surface area (Å²) in [5.41, 5.74) is 1.92. The first-order valence-electron chi connectivity index (χ1n) is 8.66. The molecule has 1 atom stereocenters. The van der Waals surface area contributed by atoms with Gasteiger partial charge in [-0.15, -0.1) is 0 Å².